The highest BCUT2D eigenvalue weighted by Crippen LogP contribution is 2.35. The molecule has 1 unspecified atom stereocenters. The molecular formula is C23H29F6N5O3. The zero-order valence-corrected chi connectivity index (χ0v) is 20.9. The second-order valence-corrected chi connectivity index (χ2v) is 7.42. The van der Waals surface area contributed by atoms with Gasteiger partial charge in [-0.2, -0.15) is 23.4 Å². The number of hydrogen-bond donors (Lipinski definition) is 0. The molecule has 0 saturated carbocycles. The Balaban J connectivity index is 0.00000163. The number of methoxy groups -OCH3 is 1. The highest BCUT2D eigenvalue weighted by Gasteiger charge is 2.35. The molecule has 0 N–H and O–H groups in total. The molecule has 3 rings (SSSR count). The summed E-state index contributed by atoms with van der Waals surface area (Å²) in [5, 5.41) is 12.7. The lowest BCUT2D eigenvalue weighted by molar-refractivity contribution is -0.137. The molecular weight excluding hydrogens is 508 g/mol. The molecule has 1 aliphatic heterocycles. The first kappa shape index (κ1) is 31.5. The van der Waals surface area contributed by atoms with E-state index in [0.29, 0.717) is 32.6 Å². The van der Waals surface area contributed by atoms with Gasteiger partial charge in [-0.3, -0.25) is 4.39 Å². The lowest BCUT2D eigenvalue weighted by Crippen LogP contribution is -2.39. The van der Waals surface area contributed by atoms with Crippen molar-refractivity contribution in [3.63, 3.8) is 0 Å². The zero-order valence-electron chi connectivity index (χ0n) is 20.9. The van der Waals surface area contributed by atoms with Gasteiger partial charge in [-0.25, -0.2) is 13.6 Å². The van der Waals surface area contributed by atoms with Gasteiger partial charge in [0.25, 0.3) is 6.43 Å². The number of piperidine rings is 1. The quantitative estimate of drug-likeness (QED) is 0.431. The number of nitrogens with zero attached hydrogens (tertiary/aromatic N) is 5. The van der Waals surface area contributed by atoms with Gasteiger partial charge in [0.15, 0.2) is 5.82 Å². The number of likely N-dealkylation sites (tertiary alicyclic amines) is 1. The maximum atomic E-state index is 13.3. The van der Waals surface area contributed by atoms with E-state index in [1.165, 1.54) is 18.1 Å². The standard InChI is InChI=1S/C20H20F5N5O3.C2H6.CH3F/c1-32-19(31)29-6-2-3-13(9-29)18-27-17(28-33-18)11-30(10-16(21)22)14-5-4-12(8-26)15(7-14)20(23,24)25;2*1-2/h4-5,7,13,16H,2-3,6,9-11H2,1H3;1-2H3;1H3. The molecule has 1 fully saturated rings. The third kappa shape index (κ3) is 8.83. The lowest BCUT2D eigenvalue weighted by Gasteiger charge is -2.29. The summed E-state index contributed by atoms with van der Waals surface area (Å²) in [6.45, 7) is 3.56. The molecule has 1 saturated heterocycles. The molecule has 2 heterocycles. The van der Waals surface area contributed by atoms with Crippen molar-refractivity contribution in [2.75, 3.05) is 38.8 Å². The predicted octanol–water partition coefficient (Wildman–Crippen LogP) is 5.79. The van der Waals surface area contributed by atoms with Gasteiger partial charge in [-0.05, 0) is 31.0 Å². The molecule has 1 atom stereocenters. The van der Waals surface area contributed by atoms with Crippen LogP contribution < -0.4 is 4.90 Å². The lowest BCUT2D eigenvalue weighted by atomic mass is 9.98. The summed E-state index contributed by atoms with van der Waals surface area (Å²) >= 11 is 0. The van der Waals surface area contributed by atoms with Gasteiger partial charge < -0.3 is 19.1 Å². The SMILES string of the molecule is CC.CF.COC(=O)N1CCCC(c2nc(CN(CC(F)F)c3ccc(C#N)c(C(F)(F)F)c3)no2)C1. The summed E-state index contributed by atoms with van der Waals surface area (Å²) < 4.78 is 85.7. The third-order valence-corrected chi connectivity index (χ3v) is 5.17. The van der Waals surface area contributed by atoms with E-state index in [1.807, 2.05) is 13.8 Å². The van der Waals surface area contributed by atoms with Crippen molar-refractivity contribution >= 4 is 11.8 Å². The van der Waals surface area contributed by atoms with Crippen LogP contribution in [0.5, 0.6) is 0 Å². The van der Waals surface area contributed by atoms with Crippen molar-refractivity contribution in [2.24, 2.45) is 0 Å². The highest BCUT2D eigenvalue weighted by atomic mass is 19.4. The van der Waals surface area contributed by atoms with Crippen LogP contribution in [0.3, 0.4) is 0 Å². The number of halogens is 6. The molecule has 2 aromatic rings. The smallest absolute Gasteiger partial charge is 0.417 e. The summed E-state index contributed by atoms with van der Waals surface area (Å²) in [4.78, 5) is 18.4. The summed E-state index contributed by atoms with van der Waals surface area (Å²) in [5.41, 5.74) is -2.00. The van der Waals surface area contributed by atoms with Crippen LogP contribution in [0.1, 0.15) is 55.4 Å². The molecule has 1 aromatic heterocycles. The first-order valence-corrected chi connectivity index (χ1v) is 11.3. The van der Waals surface area contributed by atoms with Gasteiger partial charge in [-0.15, -0.1) is 0 Å². The highest BCUT2D eigenvalue weighted by molar-refractivity contribution is 5.67. The maximum Gasteiger partial charge on any atom is 0.417 e. The van der Waals surface area contributed by atoms with Crippen molar-refractivity contribution in [1.82, 2.24) is 15.0 Å². The van der Waals surface area contributed by atoms with Gasteiger partial charge >= 0.3 is 12.3 Å². The molecule has 0 bridgehead atoms. The number of amides is 1. The number of anilines is 1. The minimum Gasteiger partial charge on any atom is -0.453 e. The molecule has 0 aliphatic carbocycles. The van der Waals surface area contributed by atoms with Crippen LogP contribution in [-0.4, -0.2) is 61.5 Å². The minimum absolute atomic E-state index is 0.00115. The van der Waals surface area contributed by atoms with Crippen molar-refractivity contribution in [1.29, 1.82) is 5.26 Å². The predicted molar refractivity (Wildman–Crippen MR) is 122 cm³/mol. The molecule has 37 heavy (non-hydrogen) atoms. The second kappa shape index (κ2) is 14.9. The van der Waals surface area contributed by atoms with Crippen LogP contribution in [-0.2, 0) is 17.5 Å². The Bertz CT molecular complexity index is 1030. The Morgan fingerprint density at radius 1 is 1.32 bits per heavy atom. The first-order valence-electron chi connectivity index (χ1n) is 11.3. The second-order valence-electron chi connectivity index (χ2n) is 7.42. The van der Waals surface area contributed by atoms with Gasteiger partial charge in [0, 0.05) is 18.8 Å². The van der Waals surface area contributed by atoms with E-state index in [9.17, 15) is 31.1 Å². The van der Waals surface area contributed by atoms with Gasteiger partial charge in [0.05, 0.1) is 50.5 Å². The number of alkyl halides is 6. The van der Waals surface area contributed by atoms with E-state index < -0.39 is 36.4 Å². The Kier molecular flexibility index (Phi) is 12.7. The zero-order chi connectivity index (χ0) is 28.2. The van der Waals surface area contributed by atoms with Gasteiger partial charge in [0.1, 0.15) is 0 Å². The minimum atomic E-state index is -4.83. The Hall–Kier alpha value is -3.50. The maximum absolute atomic E-state index is 13.3. The van der Waals surface area contributed by atoms with Crippen LogP contribution in [0.15, 0.2) is 22.7 Å². The first-order chi connectivity index (χ1) is 17.6. The average Bonchev–Trinajstić information content (AvgIpc) is 3.37. The topological polar surface area (TPSA) is 95.5 Å². The van der Waals surface area contributed by atoms with E-state index in [2.05, 4.69) is 10.1 Å². The van der Waals surface area contributed by atoms with Crippen molar-refractivity contribution in [2.45, 2.75) is 51.8 Å². The molecule has 0 radical (unpaired) electrons. The van der Waals surface area contributed by atoms with Crippen LogP contribution in [0.25, 0.3) is 0 Å². The Morgan fingerprint density at radius 2 is 2.00 bits per heavy atom. The van der Waals surface area contributed by atoms with Gasteiger partial charge in [-0.1, -0.05) is 19.0 Å². The van der Waals surface area contributed by atoms with E-state index in [4.69, 9.17) is 14.5 Å². The van der Waals surface area contributed by atoms with Gasteiger partial charge in [0.2, 0.25) is 5.89 Å². The number of hydrogen-bond acceptors (Lipinski definition) is 7. The van der Waals surface area contributed by atoms with E-state index in [-0.39, 0.29) is 36.4 Å². The van der Waals surface area contributed by atoms with E-state index in [0.717, 1.165) is 17.0 Å². The number of carbonyl (C=O) groups excluding carboxylic acids is 1. The summed E-state index contributed by atoms with van der Waals surface area (Å²) in [6.07, 6.45) is -6.86. The number of ether oxygens (including phenoxy) is 1. The van der Waals surface area contributed by atoms with E-state index in [1.54, 1.807) is 0 Å². The number of nitriles is 1. The molecule has 8 nitrogen and oxygen atoms in total. The number of rotatable bonds is 6. The molecule has 1 amide bonds. The molecule has 1 aliphatic rings. The third-order valence-electron chi connectivity index (χ3n) is 5.17. The van der Waals surface area contributed by atoms with E-state index >= 15 is 0 Å². The van der Waals surface area contributed by atoms with Crippen LogP contribution >= 0.6 is 0 Å². The summed E-state index contributed by atoms with van der Waals surface area (Å²) in [7, 11) is 1.77. The monoisotopic (exact) mass is 537 g/mol. The van der Waals surface area contributed by atoms with Crippen LogP contribution in [0.2, 0.25) is 0 Å². The number of benzene rings is 1. The summed E-state index contributed by atoms with van der Waals surface area (Å²) in [6, 6.07) is 4.19. The van der Waals surface area contributed by atoms with Crippen LogP contribution in [0, 0.1) is 11.3 Å². The molecule has 14 heteroatoms. The fourth-order valence-corrected chi connectivity index (χ4v) is 3.63. The van der Waals surface area contributed by atoms with Crippen molar-refractivity contribution in [3.8, 4) is 6.07 Å². The Morgan fingerprint density at radius 3 is 2.57 bits per heavy atom. The number of carbonyl (C=O) groups is 1. The summed E-state index contributed by atoms with van der Waals surface area (Å²) in [5.74, 6) is -0.0837. The fraction of sp³-hybridized carbons (Fsp3) is 0.565. The fourth-order valence-electron chi connectivity index (χ4n) is 3.63. The number of aromatic nitrogens is 2. The van der Waals surface area contributed by atoms with Crippen molar-refractivity contribution < 1.29 is 40.4 Å². The molecule has 1 aromatic carbocycles. The van der Waals surface area contributed by atoms with Crippen LogP contribution in [0.4, 0.5) is 36.8 Å². The Labute approximate surface area is 210 Å². The van der Waals surface area contributed by atoms with Crippen molar-refractivity contribution in [3.05, 3.63) is 41.0 Å². The normalized spacial score (nSPS) is 15.1. The molecule has 206 valence electrons. The largest absolute Gasteiger partial charge is 0.453 e. The molecule has 0 spiro atoms. The average molecular weight is 538 g/mol.